The summed E-state index contributed by atoms with van der Waals surface area (Å²) < 4.78 is 0. The molecule has 0 aromatic heterocycles. The van der Waals surface area contributed by atoms with Crippen molar-refractivity contribution < 1.29 is 30.3 Å². The summed E-state index contributed by atoms with van der Waals surface area (Å²) in [5, 5.41) is 43.1. The van der Waals surface area contributed by atoms with Crippen molar-refractivity contribution in [3.63, 3.8) is 0 Å². The molecule has 0 aromatic rings. The highest BCUT2D eigenvalue weighted by Crippen LogP contribution is 2.00. The molecule has 5 N–H and O–H groups in total. The van der Waals surface area contributed by atoms with E-state index in [1.54, 1.807) is 0 Å². The van der Waals surface area contributed by atoms with Gasteiger partial charge in [0.2, 0.25) is 0 Å². The van der Waals surface area contributed by atoms with Gasteiger partial charge in [0, 0.05) is 7.43 Å². The molecular weight excluding hydrogens is 180 g/mol. The molecule has 6 nitrogen and oxygen atoms in total. The number of ketones is 1. The van der Waals surface area contributed by atoms with E-state index in [2.05, 4.69) is 0 Å². The zero-order valence-electron chi connectivity index (χ0n) is 6.79. The summed E-state index contributed by atoms with van der Waals surface area (Å²) in [5.74, 6) is -1.00. The highest BCUT2D eigenvalue weighted by molar-refractivity contribution is 5.84. The van der Waals surface area contributed by atoms with E-state index in [4.69, 9.17) is 25.5 Å². The van der Waals surface area contributed by atoms with Crippen molar-refractivity contribution in [3.05, 3.63) is 7.43 Å². The maximum absolute atomic E-state index is 10.5. The molecule has 6 heteroatoms. The van der Waals surface area contributed by atoms with Crippen molar-refractivity contribution in [1.29, 1.82) is 0 Å². The number of Topliss-reactive ketones (excluding diaryl/α,β-unsaturated/α-hetero) is 1. The van der Waals surface area contributed by atoms with Gasteiger partial charge in [0.15, 0.2) is 5.78 Å². The third-order valence-electron chi connectivity index (χ3n) is 1.39. The van der Waals surface area contributed by atoms with Gasteiger partial charge in [0.1, 0.15) is 24.9 Å². The largest absolute Gasteiger partial charge is 0.394 e. The van der Waals surface area contributed by atoms with Crippen LogP contribution in [-0.4, -0.2) is 62.8 Å². The Morgan fingerprint density at radius 2 is 1.62 bits per heavy atom. The molecule has 0 unspecified atom stereocenters. The van der Waals surface area contributed by atoms with Crippen LogP contribution in [0.25, 0.3) is 0 Å². The normalized spacial score (nSPS) is 17.0. The maximum atomic E-state index is 10.5. The lowest BCUT2D eigenvalue weighted by Crippen LogP contribution is -2.44. The van der Waals surface area contributed by atoms with E-state index in [0.29, 0.717) is 0 Å². The third-order valence-corrected chi connectivity index (χ3v) is 1.39. The second-order valence-electron chi connectivity index (χ2n) is 2.31. The molecule has 76 valence electrons. The van der Waals surface area contributed by atoms with Gasteiger partial charge in [-0.15, -0.1) is 0 Å². The highest BCUT2D eigenvalue weighted by atomic mass is 16.4. The van der Waals surface area contributed by atoms with Crippen LogP contribution in [0.1, 0.15) is 0 Å². The van der Waals surface area contributed by atoms with Gasteiger partial charge in [0.05, 0.1) is 6.61 Å². The van der Waals surface area contributed by atoms with Crippen molar-refractivity contribution in [2.75, 3.05) is 13.2 Å². The summed E-state index contributed by atoms with van der Waals surface area (Å²) in [6.07, 6.45) is -5.22. The molecule has 0 aromatic carbocycles. The molecule has 0 aliphatic heterocycles. The first-order valence-corrected chi connectivity index (χ1v) is 3.33. The molecule has 13 heavy (non-hydrogen) atoms. The molecule has 0 fully saturated rings. The molecule has 0 amide bonds. The van der Waals surface area contributed by atoms with Gasteiger partial charge >= 0.3 is 0 Å². The lowest BCUT2D eigenvalue weighted by atomic mass is 10.1. The highest BCUT2D eigenvalue weighted by Gasteiger charge is 2.28. The van der Waals surface area contributed by atoms with Crippen LogP contribution in [0.2, 0.25) is 0 Å². The molecule has 0 bridgehead atoms. The Hall–Kier alpha value is -0.530. The number of rotatable bonds is 5. The minimum atomic E-state index is -1.86. The summed E-state index contributed by atoms with van der Waals surface area (Å²) in [7, 11) is 0. The van der Waals surface area contributed by atoms with Crippen LogP contribution >= 0.6 is 0 Å². The molecule has 0 saturated heterocycles. The van der Waals surface area contributed by atoms with Crippen LogP contribution in [0.15, 0.2) is 0 Å². The summed E-state index contributed by atoms with van der Waals surface area (Å²) in [6, 6.07) is 0. The van der Waals surface area contributed by atoms with Crippen molar-refractivity contribution in [2.24, 2.45) is 0 Å². The number of hydrogen-bond donors (Lipinski definition) is 5. The van der Waals surface area contributed by atoms with Crippen molar-refractivity contribution in [3.8, 4) is 0 Å². The Kier molecular flexibility index (Phi) is 7.98. The SMILES string of the molecule is O=C(CO)[C@@H](O)[C@H](O)[C@H](O)CO.[C]. The number of aliphatic hydroxyl groups excluding tert-OH is 5. The standard InChI is InChI=1S/C6H12O6.C/c7-1-3(9)5(11)6(12)4(10)2-8;/h3,5-9,11-12H,1-2H2;/t3-,5-,6-;/m1./s1. The molecule has 0 saturated carbocycles. The monoisotopic (exact) mass is 192 g/mol. The molecule has 0 heterocycles. The van der Waals surface area contributed by atoms with Crippen molar-refractivity contribution in [1.82, 2.24) is 0 Å². The van der Waals surface area contributed by atoms with E-state index in [-0.39, 0.29) is 7.43 Å². The first-order valence-electron chi connectivity index (χ1n) is 3.33. The molecule has 0 rings (SSSR count). The van der Waals surface area contributed by atoms with E-state index in [1.807, 2.05) is 0 Å². The van der Waals surface area contributed by atoms with Gasteiger partial charge < -0.3 is 25.5 Å². The van der Waals surface area contributed by atoms with E-state index >= 15 is 0 Å². The van der Waals surface area contributed by atoms with Gasteiger partial charge in [-0.2, -0.15) is 0 Å². The van der Waals surface area contributed by atoms with Gasteiger partial charge in [-0.25, -0.2) is 0 Å². The predicted octanol–water partition coefficient (Wildman–Crippen LogP) is -3.30. The lowest BCUT2D eigenvalue weighted by molar-refractivity contribution is -0.142. The van der Waals surface area contributed by atoms with E-state index in [1.165, 1.54) is 0 Å². The first-order chi connectivity index (χ1) is 5.54. The van der Waals surface area contributed by atoms with E-state index in [0.717, 1.165) is 0 Å². The number of carbonyl (C=O) groups excluding carboxylic acids is 1. The Morgan fingerprint density at radius 3 is 1.92 bits per heavy atom. The minimum absolute atomic E-state index is 0. The van der Waals surface area contributed by atoms with E-state index in [9.17, 15) is 4.79 Å². The van der Waals surface area contributed by atoms with Crippen LogP contribution in [0, 0.1) is 7.43 Å². The third kappa shape index (κ3) is 4.30. The predicted molar refractivity (Wildman–Crippen MR) is 40.4 cm³/mol. The summed E-state index contributed by atoms with van der Waals surface area (Å²) in [6.45, 7) is -1.69. The number of aliphatic hydroxyl groups is 5. The van der Waals surface area contributed by atoms with Crippen molar-refractivity contribution >= 4 is 5.78 Å². The minimum Gasteiger partial charge on any atom is -0.394 e. The molecular formula is C7H12O6. The Labute approximate surface area is 76.1 Å². The number of hydrogen-bond acceptors (Lipinski definition) is 6. The van der Waals surface area contributed by atoms with Crippen LogP contribution in [-0.2, 0) is 4.79 Å². The fourth-order valence-electron chi connectivity index (χ4n) is 0.602. The fraction of sp³-hybridized carbons (Fsp3) is 0.714. The quantitative estimate of drug-likeness (QED) is 0.311. The van der Waals surface area contributed by atoms with Crippen LogP contribution in [0.5, 0.6) is 0 Å². The van der Waals surface area contributed by atoms with Crippen LogP contribution in [0.3, 0.4) is 0 Å². The molecule has 0 aliphatic carbocycles. The second-order valence-corrected chi connectivity index (χ2v) is 2.31. The lowest BCUT2D eigenvalue weighted by Gasteiger charge is -2.19. The Bertz CT molecular complexity index is 148. The van der Waals surface area contributed by atoms with Gasteiger partial charge in [0.25, 0.3) is 0 Å². The molecule has 0 aliphatic rings. The molecule has 3 atom stereocenters. The summed E-state index contributed by atoms with van der Waals surface area (Å²) in [5.41, 5.74) is 0. The summed E-state index contributed by atoms with van der Waals surface area (Å²) in [4.78, 5) is 10.5. The van der Waals surface area contributed by atoms with E-state index < -0.39 is 37.3 Å². The molecule has 4 radical (unpaired) electrons. The fourth-order valence-corrected chi connectivity index (χ4v) is 0.602. The second kappa shape index (κ2) is 6.93. The average molecular weight is 192 g/mol. The molecule has 0 spiro atoms. The summed E-state index contributed by atoms with van der Waals surface area (Å²) >= 11 is 0. The van der Waals surface area contributed by atoms with Gasteiger partial charge in [-0.1, -0.05) is 0 Å². The first kappa shape index (κ1) is 15.0. The zero-order chi connectivity index (χ0) is 9.72. The van der Waals surface area contributed by atoms with Gasteiger partial charge in [-0.05, 0) is 0 Å². The van der Waals surface area contributed by atoms with Crippen LogP contribution in [0.4, 0.5) is 0 Å². The zero-order valence-corrected chi connectivity index (χ0v) is 6.79. The Morgan fingerprint density at radius 1 is 1.15 bits per heavy atom. The average Bonchev–Trinajstić information content (AvgIpc) is 2.12. The van der Waals surface area contributed by atoms with Crippen molar-refractivity contribution in [2.45, 2.75) is 18.3 Å². The maximum Gasteiger partial charge on any atom is 0.189 e. The number of carbonyl (C=O) groups is 1. The topological polar surface area (TPSA) is 118 Å². The Balaban J connectivity index is 0. The van der Waals surface area contributed by atoms with Crippen LogP contribution < -0.4 is 0 Å². The smallest absolute Gasteiger partial charge is 0.189 e. The van der Waals surface area contributed by atoms with Gasteiger partial charge in [-0.3, -0.25) is 4.79 Å².